The van der Waals surface area contributed by atoms with Crippen molar-refractivity contribution in [1.29, 1.82) is 0 Å². The maximum absolute atomic E-state index is 11.7. The van der Waals surface area contributed by atoms with Gasteiger partial charge in [0.2, 0.25) is 0 Å². The molecular formula is C7H6BBrF3KO. The Morgan fingerprint density at radius 3 is 2.07 bits per heavy atom. The summed E-state index contributed by atoms with van der Waals surface area (Å²) in [6, 6.07) is 6.20. The smallest absolute Gasteiger partial charge is 0.522 e. The first-order chi connectivity index (χ1) is 5.97. The van der Waals surface area contributed by atoms with Gasteiger partial charge in [0.05, 0.1) is 6.51 Å². The van der Waals surface area contributed by atoms with Crippen molar-refractivity contribution in [3.05, 3.63) is 28.7 Å². The van der Waals surface area contributed by atoms with Gasteiger partial charge in [-0.05, 0) is 24.3 Å². The summed E-state index contributed by atoms with van der Waals surface area (Å²) in [7, 11) is 0. The minimum atomic E-state index is -4.87. The van der Waals surface area contributed by atoms with Gasteiger partial charge in [0, 0.05) is 4.47 Å². The van der Waals surface area contributed by atoms with E-state index >= 15 is 0 Å². The molecule has 7 heteroatoms. The van der Waals surface area contributed by atoms with E-state index in [1.807, 2.05) is 0 Å². The fourth-order valence-corrected chi connectivity index (χ4v) is 0.986. The first-order valence-electron chi connectivity index (χ1n) is 3.57. The standard InChI is InChI=1S/C7H6BBrF3O.K/c9-6-1-3-7(4-2-6)13-5-8(10,11)12;/h1-4H,5H2;/q-1;+1. The largest absolute Gasteiger partial charge is 1.00 e. The Morgan fingerprint density at radius 1 is 1.14 bits per heavy atom. The molecule has 0 unspecified atom stereocenters. The van der Waals surface area contributed by atoms with Gasteiger partial charge in [-0.2, -0.15) is 0 Å². The van der Waals surface area contributed by atoms with Crippen LogP contribution in [0.25, 0.3) is 0 Å². The minimum absolute atomic E-state index is 0. The van der Waals surface area contributed by atoms with Crippen LogP contribution in [0.15, 0.2) is 28.7 Å². The van der Waals surface area contributed by atoms with E-state index in [0.717, 1.165) is 4.47 Å². The van der Waals surface area contributed by atoms with Crippen LogP contribution in [0, 0.1) is 0 Å². The molecule has 72 valence electrons. The third-order valence-corrected chi connectivity index (χ3v) is 1.78. The maximum Gasteiger partial charge on any atom is 1.00 e. The van der Waals surface area contributed by atoms with Crippen LogP contribution in [0.5, 0.6) is 5.75 Å². The zero-order valence-corrected chi connectivity index (χ0v) is 12.2. The first-order valence-corrected chi connectivity index (χ1v) is 4.36. The molecule has 0 aromatic heterocycles. The predicted octanol–water partition coefficient (Wildman–Crippen LogP) is 0.219. The summed E-state index contributed by atoms with van der Waals surface area (Å²) in [5.74, 6) is 0.224. The summed E-state index contributed by atoms with van der Waals surface area (Å²) in [6.45, 7) is -6.06. The van der Waals surface area contributed by atoms with Gasteiger partial charge in [0.15, 0.2) is 0 Å². The molecule has 0 fully saturated rings. The molecule has 0 atom stereocenters. The van der Waals surface area contributed by atoms with Gasteiger partial charge in [-0.1, -0.05) is 15.9 Å². The van der Waals surface area contributed by atoms with Crippen molar-refractivity contribution >= 4 is 22.9 Å². The second-order valence-corrected chi connectivity index (χ2v) is 3.39. The molecule has 0 radical (unpaired) electrons. The first kappa shape index (κ1) is 15.0. The van der Waals surface area contributed by atoms with Gasteiger partial charge in [0.25, 0.3) is 0 Å². The van der Waals surface area contributed by atoms with Crippen molar-refractivity contribution < 1.29 is 69.1 Å². The Bertz CT molecular complexity index is 277. The Hall–Kier alpha value is 0.991. The van der Waals surface area contributed by atoms with Gasteiger partial charge < -0.3 is 17.7 Å². The summed E-state index contributed by atoms with van der Waals surface area (Å²) in [4.78, 5) is 0. The van der Waals surface area contributed by atoms with Crippen molar-refractivity contribution in [3.63, 3.8) is 0 Å². The zero-order chi connectivity index (χ0) is 9.90. The molecule has 14 heavy (non-hydrogen) atoms. The molecule has 0 saturated heterocycles. The van der Waals surface area contributed by atoms with E-state index in [1.54, 1.807) is 12.1 Å². The Morgan fingerprint density at radius 2 is 1.64 bits per heavy atom. The van der Waals surface area contributed by atoms with Crippen LogP contribution in [0.3, 0.4) is 0 Å². The maximum atomic E-state index is 11.7. The van der Waals surface area contributed by atoms with Crippen molar-refractivity contribution in [2.75, 3.05) is 6.51 Å². The van der Waals surface area contributed by atoms with Gasteiger partial charge in [-0.25, -0.2) is 0 Å². The molecule has 0 amide bonds. The van der Waals surface area contributed by atoms with Gasteiger partial charge in [0.1, 0.15) is 5.75 Å². The van der Waals surface area contributed by atoms with Crippen molar-refractivity contribution in [1.82, 2.24) is 0 Å². The van der Waals surface area contributed by atoms with E-state index in [2.05, 4.69) is 20.7 Å². The molecule has 1 aromatic rings. The van der Waals surface area contributed by atoms with Crippen LogP contribution in [-0.2, 0) is 0 Å². The van der Waals surface area contributed by atoms with E-state index in [9.17, 15) is 12.9 Å². The average Bonchev–Trinajstić information content (AvgIpc) is 2.02. The molecule has 0 saturated carbocycles. The normalized spacial score (nSPS) is 10.6. The predicted molar refractivity (Wildman–Crippen MR) is 48.7 cm³/mol. The summed E-state index contributed by atoms with van der Waals surface area (Å²) < 4.78 is 40.6. The number of benzene rings is 1. The molecule has 0 aliphatic heterocycles. The number of halogens is 4. The zero-order valence-electron chi connectivity index (χ0n) is 7.51. The summed E-state index contributed by atoms with van der Waals surface area (Å²) in [5, 5.41) is 0. The van der Waals surface area contributed by atoms with Crippen molar-refractivity contribution in [3.8, 4) is 5.75 Å². The molecule has 1 aromatic carbocycles. The quantitative estimate of drug-likeness (QED) is 0.724. The number of hydrogen-bond acceptors (Lipinski definition) is 1. The molecule has 0 aliphatic rings. The molecule has 1 nitrogen and oxygen atoms in total. The SMILES string of the molecule is F[B-](F)(F)COc1ccc(Br)cc1.[K+]. The van der Waals surface area contributed by atoms with Crippen LogP contribution < -0.4 is 56.1 Å². The number of ether oxygens (including phenoxy) is 1. The third kappa shape index (κ3) is 6.47. The van der Waals surface area contributed by atoms with Gasteiger partial charge >= 0.3 is 58.4 Å². The van der Waals surface area contributed by atoms with E-state index in [1.165, 1.54) is 12.1 Å². The van der Waals surface area contributed by atoms with E-state index in [4.69, 9.17) is 0 Å². The van der Waals surface area contributed by atoms with Crippen LogP contribution in [0.4, 0.5) is 12.9 Å². The Labute approximate surface area is 131 Å². The molecular weight excluding hydrogens is 287 g/mol. The van der Waals surface area contributed by atoms with Crippen LogP contribution in [-0.4, -0.2) is 13.5 Å². The second kappa shape index (κ2) is 6.55. The topological polar surface area (TPSA) is 9.23 Å². The second-order valence-electron chi connectivity index (χ2n) is 2.48. The van der Waals surface area contributed by atoms with E-state index in [-0.39, 0.29) is 57.1 Å². The molecule has 0 heterocycles. The summed E-state index contributed by atoms with van der Waals surface area (Å²) in [5.41, 5.74) is 0. The van der Waals surface area contributed by atoms with Crippen molar-refractivity contribution in [2.45, 2.75) is 0 Å². The van der Waals surface area contributed by atoms with E-state index in [0.29, 0.717) is 0 Å². The summed E-state index contributed by atoms with van der Waals surface area (Å²) in [6.07, 6.45) is 0. The summed E-state index contributed by atoms with van der Waals surface area (Å²) >= 11 is 3.16. The van der Waals surface area contributed by atoms with Gasteiger partial charge in [-0.15, -0.1) is 0 Å². The monoisotopic (exact) mass is 292 g/mol. The fourth-order valence-electron chi connectivity index (χ4n) is 0.722. The number of rotatable bonds is 3. The fraction of sp³-hybridized carbons (Fsp3) is 0.143. The van der Waals surface area contributed by atoms with E-state index < -0.39 is 13.5 Å². The minimum Gasteiger partial charge on any atom is -0.522 e. The third-order valence-electron chi connectivity index (χ3n) is 1.25. The molecule has 0 spiro atoms. The average molecular weight is 293 g/mol. The van der Waals surface area contributed by atoms with Crippen LogP contribution >= 0.6 is 15.9 Å². The molecule has 0 aliphatic carbocycles. The number of hydrogen-bond donors (Lipinski definition) is 0. The Kier molecular flexibility index (Phi) is 7.01. The van der Waals surface area contributed by atoms with Crippen molar-refractivity contribution in [2.24, 2.45) is 0 Å². The van der Waals surface area contributed by atoms with Crippen LogP contribution in [0.2, 0.25) is 0 Å². The van der Waals surface area contributed by atoms with Gasteiger partial charge in [-0.3, -0.25) is 0 Å². The molecule has 0 N–H and O–H groups in total. The molecule has 0 bridgehead atoms. The van der Waals surface area contributed by atoms with Crippen LogP contribution in [0.1, 0.15) is 0 Å². The molecule has 1 rings (SSSR count). The Balaban J connectivity index is 0.00000169.